The molecule has 26 heavy (non-hydrogen) atoms. The zero-order valence-corrected chi connectivity index (χ0v) is 16.4. The molecule has 140 valence electrons. The van der Waals surface area contributed by atoms with E-state index in [-0.39, 0.29) is 0 Å². The zero-order chi connectivity index (χ0) is 18.4. The van der Waals surface area contributed by atoms with E-state index in [1.807, 2.05) is 0 Å². The van der Waals surface area contributed by atoms with E-state index < -0.39 is 0 Å². The van der Waals surface area contributed by atoms with E-state index in [0.29, 0.717) is 6.04 Å². The summed E-state index contributed by atoms with van der Waals surface area (Å²) in [6.45, 7) is 8.94. The number of rotatable bonds is 8. The summed E-state index contributed by atoms with van der Waals surface area (Å²) in [5.74, 6) is 0.976. The third-order valence-corrected chi connectivity index (χ3v) is 5.70. The Morgan fingerprint density at radius 2 is 1.73 bits per heavy atom. The van der Waals surface area contributed by atoms with Crippen LogP contribution in [0.4, 0.5) is 5.69 Å². The number of hydrogen-bond donors (Lipinski definition) is 0. The van der Waals surface area contributed by atoms with Crippen molar-refractivity contribution in [1.29, 1.82) is 0 Å². The van der Waals surface area contributed by atoms with Gasteiger partial charge in [-0.3, -0.25) is 0 Å². The van der Waals surface area contributed by atoms with Crippen LogP contribution in [0.2, 0.25) is 0 Å². The van der Waals surface area contributed by atoms with E-state index >= 15 is 0 Å². The highest BCUT2D eigenvalue weighted by atomic mass is 16.5. The lowest BCUT2D eigenvalue weighted by molar-refractivity contribution is 0.304. The van der Waals surface area contributed by atoms with E-state index in [4.69, 9.17) is 4.74 Å². The third kappa shape index (κ3) is 4.39. The van der Waals surface area contributed by atoms with Crippen LogP contribution in [0.25, 0.3) is 0 Å². The topological polar surface area (TPSA) is 15.7 Å². The van der Waals surface area contributed by atoms with Crippen molar-refractivity contribution < 1.29 is 4.74 Å². The van der Waals surface area contributed by atoms with Crippen molar-refractivity contribution in [2.75, 3.05) is 38.2 Å². The van der Waals surface area contributed by atoms with Crippen molar-refractivity contribution >= 4 is 5.69 Å². The summed E-state index contributed by atoms with van der Waals surface area (Å²) in [6.07, 6.45) is 3.45. The lowest BCUT2D eigenvalue weighted by atomic mass is 9.87. The van der Waals surface area contributed by atoms with Crippen LogP contribution in [-0.4, -0.2) is 44.2 Å². The second-order valence-electron chi connectivity index (χ2n) is 7.09. The normalized spacial score (nSPS) is 16.4. The van der Waals surface area contributed by atoms with Gasteiger partial charge in [-0.05, 0) is 67.7 Å². The second-order valence-corrected chi connectivity index (χ2v) is 7.09. The Morgan fingerprint density at radius 1 is 0.962 bits per heavy atom. The largest absolute Gasteiger partial charge is 0.497 e. The number of anilines is 1. The molecule has 0 fully saturated rings. The first-order valence-electron chi connectivity index (χ1n) is 9.95. The first kappa shape index (κ1) is 18.8. The predicted octanol–water partition coefficient (Wildman–Crippen LogP) is 4.40. The number of aryl methyl sites for hydroxylation is 1. The number of ether oxygens (including phenoxy) is 1. The molecule has 0 bridgehead atoms. The maximum Gasteiger partial charge on any atom is 0.119 e. The summed E-state index contributed by atoms with van der Waals surface area (Å²) < 4.78 is 5.40. The monoisotopic (exact) mass is 352 g/mol. The molecule has 1 aliphatic rings. The highest BCUT2D eigenvalue weighted by Gasteiger charge is 2.25. The molecule has 3 nitrogen and oxygen atoms in total. The van der Waals surface area contributed by atoms with E-state index in [1.165, 1.54) is 23.2 Å². The minimum atomic E-state index is 0.564. The van der Waals surface area contributed by atoms with Gasteiger partial charge in [0.1, 0.15) is 5.75 Å². The summed E-state index contributed by atoms with van der Waals surface area (Å²) in [7, 11) is 1.75. The van der Waals surface area contributed by atoms with Gasteiger partial charge in [0.2, 0.25) is 0 Å². The average molecular weight is 353 g/mol. The zero-order valence-electron chi connectivity index (χ0n) is 16.4. The summed E-state index contributed by atoms with van der Waals surface area (Å²) >= 11 is 0. The molecule has 0 radical (unpaired) electrons. The van der Waals surface area contributed by atoms with Crippen molar-refractivity contribution in [1.82, 2.24) is 4.90 Å². The summed E-state index contributed by atoms with van der Waals surface area (Å²) in [4.78, 5) is 5.14. The number of likely N-dealkylation sites (N-methyl/N-ethyl adjacent to an activating group) is 1. The van der Waals surface area contributed by atoms with Gasteiger partial charge in [-0.1, -0.05) is 38.1 Å². The summed E-state index contributed by atoms with van der Waals surface area (Å²) in [5.41, 5.74) is 4.28. The second kappa shape index (κ2) is 9.09. The van der Waals surface area contributed by atoms with Gasteiger partial charge < -0.3 is 14.5 Å². The molecule has 0 heterocycles. The average Bonchev–Trinajstić information content (AvgIpc) is 2.71. The van der Waals surface area contributed by atoms with Crippen molar-refractivity contribution in [3.05, 3.63) is 59.7 Å². The molecule has 3 heteroatoms. The van der Waals surface area contributed by atoms with E-state index in [0.717, 1.165) is 44.8 Å². The molecule has 2 aromatic carbocycles. The Bertz CT molecular complexity index is 682. The summed E-state index contributed by atoms with van der Waals surface area (Å²) in [5, 5.41) is 0. The Kier molecular flexibility index (Phi) is 6.56. The maximum atomic E-state index is 5.40. The van der Waals surface area contributed by atoms with Crippen molar-refractivity contribution in [2.24, 2.45) is 0 Å². The van der Waals surface area contributed by atoms with Gasteiger partial charge >= 0.3 is 0 Å². The molecule has 1 aliphatic carbocycles. The van der Waals surface area contributed by atoms with Gasteiger partial charge in [0.15, 0.2) is 0 Å². The molecule has 0 aromatic heterocycles. The van der Waals surface area contributed by atoms with Gasteiger partial charge in [-0.2, -0.15) is 0 Å². The van der Waals surface area contributed by atoms with Crippen LogP contribution in [0.15, 0.2) is 48.5 Å². The molecule has 0 spiro atoms. The Labute approximate surface area is 158 Å². The quantitative estimate of drug-likeness (QED) is 0.700. The molecule has 0 amide bonds. The fraction of sp³-hybridized carbons (Fsp3) is 0.478. The van der Waals surface area contributed by atoms with Gasteiger partial charge in [-0.25, -0.2) is 0 Å². The minimum Gasteiger partial charge on any atom is -0.497 e. The van der Waals surface area contributed by atoms with Crippen molar-refractivity contribution in [3.63, 3.8) is 0 Å². The first-order chi connectivity index (χ1) is 12.7. The predicted molar refractivity (Wildman–Crippen MR) is 110 cm³/mol. The standard InChI is InChI=1S/C23H32N2O/c1-4-24(5-2)15-16-25(21-9-7-6-8-10-21)22-13-11-20-18-23(26-3)14-12-19(20)17-22/h6-10,12,14,18,22H,4-5,11,13,15-17H2,1-3H3. The number of nitrogens with zero attached hydrogens (tertiary/aromatic N) is 2. The lowest BCUT2D eigenvalue weighted by Crippen LogP contribution is -2.44. The van der Waals surface area contributed by atoms with Crippen LogP contribution in [0.1, 0.15) is 31.4 Å². The van der Waals surface area contributed by atoms with Crippen LogP contribution in [0, 0.1) is 0 Å². The highest BCUT2D eigenvalue weighted by Crippen LogP contribution is 2.30. The maximum absolute atomic E-state index is 5.40. The number of benzene rings is 2. The molecule has 1 atom stereocenters. The number of para-hydroxylation sites is 1. The molecule has 1 unspecified atom stereocenters. The van der Waals surface area contributed by atoms with Crippen molar-refractivity contribution in [3.8, 4) is 5.75 Å². The number of hydrogen-bond acceptors (Lipinski definition) is 3. The van der Waals surface area contributed by atoms with Gasteiger partial charge in [0.05, 0.1) is 7.11 Å². The minimum absolute atomic E-state index is 0.564. The Balaban J connectivity index is 1.78. The van der Waals surface area contributed by atoms with E-state index in [1.54, 1.807) is 7.11 Å². The fourth-order valence-electron chi connectivity index (χ4n) is 4.04. The van der Waals surface area contributed by atoms with Crippen LogP contribution in [0.3, 0.4) is 0 Å². The van der Waals surface area contributed by atoms with E-state index in [9.17, 15) is 0 Å². The molecule has 0 N–H and O–H groups in total. The van der Waals surface area contributed by atoms with Crippen LogP contribution >= 0.6 is 0 Å². The molecular weight excluding hydrogens is 320 g/mol. The highest BCUT2D eigenvalue weighted by molar-refractivity contribution is 5.49. The number of methoxy groups -OCH3 is 1. The smallest absolute Gasteiger partial charge is 0.119 e. The molecule has 3 rings (SSSR count). The Morgan fingerprint density at radius 3 is 2.42 bits per heavy atom. The molecule has 0 saturated carbocycles. The van der Waals surface area contributed by atoms with Crippen LogP contribution in [0.5, 0.6) is 5.75 Å². The van der Waals surface area contributed by atoms with Crippen LogP contribution < -0.4 is 9.64 Å². The first-order valence-corrected chi connectivity index (χ1v) is 9.95. The molecule has 0 saturated heterocycles. The molecule has 0 aliphatic heterocycles. The van der Waals surface area contributed by atoms with Gasteiger partial charge in [0.25, 0.3) is 0 Å². The lowest BCUT2D eigenvalue weighted by Gasteiger charge is -2.38. The molecule has 2 aromatic rings. The Hall–Kier alpha value is -2.00. The number of fused-ring (bicyclic) bond motifs is 1. The van der Waals surface area contributed by atoms with Gasteiger partial charge in [0, 0.05) is 24.8 Å². The summed E-state index contributed by atoms with van der Waals surface area (Å²) in [6, 6.07) is 18.1. The van der Waals surface area contributed by atoms with Gasteiger partial charge in [-0.15, -0.1) is 0 Å². The fourth-order valence-corrected chi connectivity index (χ4v) is 4.04. The van der Waals surface area contributed by atoms with E-state index in [2.05, 4.69) is 72.2 Å². The third-order valence-electron chi connectivity index (χ3n) is 5.70. The molecular formula is C23H32N2O. The van der Waals surface area contributed by atoms with Crippen molar-refractivity contribution in [2.45, 2.75) is 39.2 Å². The SMILES string of the molecule is CCN(CC)CCN(c1ccccc1)C1CCc2cc(OC)ccc2C1. The van der Waals surface area contributed by atoms with Crippen LogP contribution in [-0.2, 0) is 12.8 Å².